The fourth-order valence-electron chi connectivity index (χ4n) is 2.85. The number of carbonyl (C=O) groups is 2. The van der Waals surface area contributed by atoms with Crippen LogP contribution in [-0.4, -0.2) is 26.6 Å². The van der Waals surface area contributed by atoms with E-state index >= 15 is 0 Å². The summed E-state index contributed by atoms with van der Waals surface area (Å²) in [5.74, 6) is -0.402. The maximum absolute atomic E-state index is 12.7. The molecule has 30 heavy (non-hydrogen) atoms. The number of rotatable bonds is 4. The number of nitrogens with one attached hydrogen (secondary N) is 2. The smallest absolute Gasteiger partial charge is 0.417 e. The quantitative estimate of drug-likeness (QED) is 0.631. The second-order valence-corrected chi connectivity index (χ2v) is 6.53. The Kier molecular flexibility index (Phi) is 5.63. The molecule has 0 atom stereocenters. The molecule has 3 aromatic rings. The third-order valence-corrected chi connectivity index (χ3v) is 4.49. The summed E-state index contributed by atoms with van der Waals surface area (Å²) >= 11 is 0. The number of hydrogen-bond donors (Lipinski definition) is 2. The monoisotopic (exact) mass is 421 g/mol. The minimum absolute atomic E-state index is 0.0943. The molecule has 0 fully saturated rings. The van der Waals surface area contributed by atoms with Gasteiger partial charge in [-0.25, -0.2) is 9.67 Å². The zero-order chi connectivity index (χ0) is 22.1. The SMILES string of the molecule is Cc1nn(-c2ccc(C(F)(F)F)cn2)c(C)c1CC(=O)NNC(=O)c1ccoc1C. The van der Waals surface area contributed by atoms with Crippen LogP contribution in [0.5, 0.6) is 0 Å². The first-order valence-corrected chi connectivity index (χ1v) is 8.80. The molecule has 158 valence electrons. The van der Waals surface area contributed by atoms with Crippen molar-refractivity contribution in [2.45, 2.75) is 33.4 Å². The topological polar surface area (TPSA) is 102 Å². The third-order valence-electron chi connectivity index (χ3n) is 4.49. The van der Waals surface area contributed by atoms with E-state index in [1.807, 2.05) is 0 Å². The molecule has 11 heteroatoms. The number of hydrazine groups is 1. The van der Waals surface area contributed by atoms with E-state index < -0.39 is 23.6 Å². The minimum Gasteiger partial charge on any atom is -0.469 e. The maximum atomic E-state index is 12.7. The average Bonchev–Trinajstić information content (AvgIpc) is 3.24. The number of hydrogen-bond acceptors (Lipinski definition) is 5. The summed E-state index contributed by atoms with van der Waals surface area (Å²) in [7, 11) is 0. The Balaban J connectivity index is 1.70. The van der Waals surface area contributed by atoms with Gasteiger partial charge in [0.15, 0.2) is 5.82 Å². The second-order valence-electron chi connectivity index (χ2n) is 6.53. The largest absolute Gasteiger partial charge is 0.469 e. The van der Waals surface area contributed by atoms with Crippen molar-refractivity contribution in [1.82, 2.24) is 25.6 Å². The summed E-state index contributed by atoms with van der Waals surface area (Å²) in [4.78, 5) is 28.1. The van der Waals surface area contributed by atoms with Crippen LogP contribution in [-0.2, 0) is 17.4 Å². The molecule has 0 bridgehead atoms. The molecule has 3 aromatic heterocycles. The number of carbonyl (C=O) groups excluding carboxylic acids is 2. The van der Waals surface area contributed by atoms with Crippen LogP contribution >= 0.6 is 0 Å². The van der Waals surface area contributed by atoms with E-state index in [0.717, 1.165) is 12.3 Å². The van der Waals surface area contributed by atoms with Gasteiger partial charge in [-0.15, -0.1) is 0 Å². The van der Waals surface area contributed by atoms with Gasteiger partial charge in [0, 0.05) is 17.5 Å². The number of aromatic nitrogens is 3. The summed E-state index contributed by atoms with van der Waals surface area (Å²) in [5, 5.41) is 4.27. The van der Waals surface area contributed by atoms with Crippen LogP contribution in [0.3, 0.4) is 0 Å². The van der Waals surface area contributed by atoms with Crippen LogP contribution < -0.4 is 10.9 Å². The highest BCUT2D eigenvalue weighted by molar-refractivity contribution is 5.96. The summed E-state index contributed by atoms with van der Waals surface area (Å²) in [6.07, 6.45) is -2.49. The fraction of sp³-hybridized carbons (Fsp3) is 0.263. The standard InChI is InChI=1S/C19H18F3N5O3/c1-10-15(8-17(28)24-25-18(29)14-6-7-30-12(14)3)11(2)27(26-10)16-5-4-13(9-23-16)19(20,21)22/h4-7,9H,8H2,1-3H3,(H,24,28)(H,25,29). The molecule has 0 aliphatic heterocycles. The van der Waals surface area contributed by atoms with Crippen molar-refractivity contribution in [3.05, 3.63) is 64.5 Å². The van der Waals surface area contributed by atoms with Crippen LogP contribution in [0.15, 0.2) is 35.1 Å². The van der Waals surface area contributed by atoms with Crippen molar-refractivity contribution in [3.63, 3.8) is 0 Å². The average molecular weight is 421 g/mol. The third kappa shape index (κ3) is 4.34. The van der Waals surface area contributed by atoms with E-state index in [9.17, 15) is 22.8 Å². The highest BCUT2D eigenvalue weighted by Crippen LogP contribution is 2.29. The van der Waals surface area contributed by atoms with Crippen LogP contribution in [0.2, 0.25) is 0 Å². The molecule has 3 heterocycles. The van der Waals surface area contributed by atoms with Crippen molar-refractivity contribution < 1.29 is 27.2 Å². The summed E-state index contributed by atoms with van der Waals surface area (Å²) < 4.78 is 44.5. The molecule has 0 spiro atoms. The van der Waals surface area contributed by atoms with E-state index in [-0.39, 0.29) is 12.2 Å². The van der Waals surface area contributed by atoms with E-state index in [0.29, 0.717) is 28.3 Å². The molecule has 3 rings (SSSR count). The number of nitrogens with zero attached hydrogens (tertiary/aromatic N) is 3. The lowest BCUT2D eigenvalue weighted by molar-refractivity contribution is -0.137. The highest BCUT2D eigenvalue weighted by Gasteiger charge is 2.31. The second kappa shape index (κ2) is 8.01. The minimum atomic E-state index is -4.48. The predicted molar refractivity (Wildman–Crippen MR) is 98.6 cm³/mol. The van der Waals surface area contributed by atoms with Crippen molar-refractivity contribution in [1.29, 1.82) is 0 Å². The summed E-state index contributed by atoms with van der Waals surface area (Å²) in [5.41, 5.74) is 5.68. The summed E-state index contributed by atoms with van der Waals surface area (Å²) in [6.45, 7) is 4.96. The molecule has 0 aromatic carbocycles. The molecular weight excluding hydrogens is 403 g/mol. The molecule has 2 N–H and O–H groups in total. The van der Waals surface area contributed by atoms with Gasteiger partial charge in [0.05, 0.1) is 29.5 Å². The zero-order valence-corrected chi connectivity index (χ0v) is 16.3. The van der Waals surface area contributed by atoms with Gasteiger partial charge in [-0.2, -0.15) is 18.3 Å². The van der Waals surface area contributed by atoms with Gasteiger partial charge < -0.3 is 4.42 Å². The number of amides is 2. The van der Waals surface area contributed by atoms with Gasteiger partial charge >= 0.3 is 6.18 Å². The first-order valence-electron chi connectivity index (χ1n) is 8.80. The van der Waals surface area contributed by atoms with Gasteiger partial charge in [-0.1, -0.05) is 0 Å². The van der Waals surface area contributed by atoms with Gasteiger partial charge in [-0.05, 0) is 39.0 Å². The fourth-order valence-corrected chi connectivity index (χ4v) is 2.85. The molecule has 0 saturated heterocycles. The van der Waals surface area contributed by atoms with E-state index in [2.05, 4.69) is 20.9 Å². The Labute approximate surface area is 169 Å². The number of aryl methyl sites for hydroxylation is 2. The number of alkyl halides is 3. The Morgan fingerprint density at radius 3 is 2.43 bits per heavy atom. The number of furan rings is 1. The maximum Gasteiger partial charge on any atom is 0.417 e. The zero-order valence-electron chi connectivity index (χ0n) is 16.3. The van der Waals surface area contributed by atoms with E-state index in [4.69, 9.17) is 4.42 Å². The van der Waals surface area contributed by atoms with Crippen LogP contribution in [0.1, 0.15) is 38.6 Å². The number of pyridine rings is 1. The molecule has 0 unspecified atom stereocenters. The van der Waals surface area contributed by atoms with Gasteiger partial charge in [-0.3, -0.25) is 20.4 Å². The molecular formula is C19H18F3N5O3. The van der Waals surface area contributed by atoms with Crippen molar-refractivity contribution in [2.75, 3.05) is 0 Å². The first kappa shape index (κ1) is 21.1. The highest BCUT2D eigenvalue weighted by atomic mass is 19.4. The lowest BCUT2D eigenvalue weighted by Gasteiger charge is -2.09. The van der Waals surface area contributed by atoms with Gasteiger partial charge in [0.25, 0.3) is 5.91 Å². The van der Waals surface area contributed by atoms with Crippen LogP contribution in [0, 0.1) is 20.8 Å². The van der Waals surface area contributed by atoms with E-state index in [1.165, 1.54) is 23.1 Å². The molecule has 8 nitrogen and oxygen atoms in total. The van der Waals surface area contributed by atoms with Gasteiger partial charge in [0.1, 0.15) is 5.76 Å². The molecule has 2 amide bonds. The summed E-state index contributed by atoms with van der Waals surface area (Å²) in [6, 6.07) is 3.60. The molecule has 0 saturated carbocycles. The normalized spacial score (nSPS) is 11.4. The Bertz CT molecular complexity index is 1080. The Morgan fingerprint density at radius 2 is 1.87 bits per heavy atom. The first-order chi connectivity index (χ1) is 14.1. The molecule has 0 aliphatic rings. The van der Waals surface area contributed by atoms with Crippen LogP contribution in [0.4, 0.5) is 13.2 Å². The lowest BCUT2D eigenvalue weighted by Crippen LogP contribution is -2.42. The Morgan fingerprint density at radius 1 is 1.13 bits per heavy atom. The van der Waals surface area contributed by atoms with Gasteiger partial charge in [0.2, 0.25) is 5.91 Å². The van der Waals surface area contributed by atoms with Crippen molar-refractivity contribution in [2.24, 2.45) is 0 Å². The molecule has 0 aliphatic carbocycles. The predicted octanol–water partition coefficient (Wildman–Crippen LogP) is 2.81. The lowest BCUT2D eigenvalue weighted by atomic mass is 10.1. The van der Waals surface area contributed by atoms with Crippen LogP contribution in [0.25, 0.3) is 5.82 Å². The Hall–Kier alpha value is -3.63. The van der Waals surface area contributed by atoms with E-state index in [1.54, 1.807) is 20.8 Å². The van der Waals surface area contributed by atoms with Crippen molar-refractivity contribution >= 4 is 11.8 Å². The molecule has 0 radical (unpaired) electrons. The number of halogens is 3. The van der Waals surface area contributed by atoms with Crippen molar-refractivity contribution in [3.8, 4) is 5.82 Å².